The summed E-state index contributed by atoms with van der Waals surface area (Å²) in [4.78, 5) is 24.6. The first-order valence-electron chi connectivity index (χ1n) is 8.03. The molecule has 0 spiro atoms. The van der Waals surface area contributed by atoms with Gasteiger partial charge in [-0.3, -0.25) is 9.78 Å². The summed E-state index contributed by atoms with van der Waals surface area (Å²) in [7, 11) is 1.49. The van der Waals surface area contributed by atoms with Crippen molar-refractivity contribution in [2.45, 2.75) is 13.3 Å². The molecule has 3 rings (SSSR count). The average molecular weight is 352 g/mol. The molecule has 0 fully saturated rings. The van der Waals surface area contributed by atoms with Crippen LogP contribution in [0.4, 0.5) is 10.2 Å². The van der Waals surface area contributed by atoms with Gasteiger partial charge in [0.25, 0.3) is 5.91 Å². The summed E-state index contributed by atoms with van der Waals surface area (Å²) >= 11 is 0. The number of nitrogens with zero attached hydrogens (tertiary/aromatic N) is 3. The van der Waals surface area contributed by atoms with Crippen molar-refractivity contribution in [2.75, 3.05) is 12.4 Å². The summed E-state index contributed by atoms with van der Waals surface area (Å²) in [6.07, 6.45) is 3.81. The van der Waals surface area contributed by atoms with Gasteiger partial charge < -0.3 is 10.1 Å². The van der Waals surface area contributed by atoms with Gasteiger partial charge in [0.15, 0.2) is 0 Å². The summed E-state index contributed by atoms with van der Waals surface area (Å²) < 4.78 is 18.8. The highest BCUT2D eigenvalue weighted by molar-refractivity contribution is 6.02. The van der Waals surface area contributed by atoms with Crippen LogP contribution in [0.1, 0.15) is 23.0 Å². The van der Waals surface area contributed by atoms with Gasteiger partial charge in [0, 0.05) is 17.8 Å². The van der Waals surface area contributed by atoms with E-state index in [4.69, 9.17) is 4.74 Å². The maximum Gasteiger partial charge on any atom is 0.275 e. The van der Waals surface area contributed by atoms with Gasteiger partial charge in [0.1, 0.15) is 29.4 Å². The van der Waals surface area contributed by atoms with E-state index < -0.39 is 5.82 Å². The molecule has 0 saturated carbocycles. The number of halogens is 1. The smallest absolute Gasteiger partial charge is 0.275 e. The van der Waals surface area contributed by atoms with Gasteiger partial charge in [-0.25, -0.2) is 14.4 Å². The van der Waals surface area contributed by atoms with Crippen LogP contribution < -0.4 is 10.1 Å². The number of hydrogen-bond acceptors (Lipinski definition) is 5. The maximum atomic E-state index is 13.6. The number of amides is 1. The SMILES string of the molecule is CCc1ccc(C(=O)Nc2cc(-c3cc(F)ccc3OC)ncn2)nc1. The minimum atomic E-state index is -0.412. The molecule has 2 heterocycles. The second kappa shape index (κ2) is 7.69. The maximum absolute atomic E-state index is 13.6. The molecular weight excluding hydrogens is 335 g/mol. The molecule has 0 atom stereocenters. The van der Waals surface area contributed by atoms with E-state index in [2.05, 4.69) is 20.3 Å². The molecule has 1 N–H and O–H groups in total. The Labute approximate surface area is 150 Å². The monoisotopic (exact) mass is 352 g/mol. The molecule has 2 aromatic heterocycles. The number of pyridine rings is 1. The van der Waals surface area contributed by atoms with Crippen molar-refractivity contribution < 1.29 is 13.9 Å². The van der Waals surface area contributed by atoms with E-state index in [-0.39, 0.29) is 17.4 Å². The van der Waals surface area contributed by atoms with Crippen molar-refractivity contribution in [3.63, 3.8) is 0 Å². The summed E-state index contributed by atoms with van der Waals surface area (Å²) in [5.41, 5.74) is 2.23. The van der Waals surface area contributed by atoms with Crippen molar-refractivity contribution in [2.24, 2.45) is 0 Å². The third-order valence-electron chi connectivity index (χ3n) is 3.81. The Balaban J connectivity index is 1.85. The summed E-state index contributed by atoms with van der Waals surface area (Å²) in [5, 5.41) is 2.67. The molecule has 1 amide bonds. The standard InChI is InChI=1S/C19H17FN4O2/c1-3-12-4-6-15(21-10-12)19(25)24-18-9-16(22-11-23-18)14-8-13(20)5-7-17(14)26-2/h4-11H,3H2,1-2H3,(H,22,23,24,25). The van der Waals surface area contributed by atoms with Gasteiger partial charge in [0.2, 0.25) is 0 Å². The van der Waals surface area contributed by atoms with Crippen LogP contribution in [0.5, 0.6) is 5.75 Å². The molecule has 0 aliphatic heterocycles. The number of benzene rings is 1. The Morgan fingerprint density at radius 1 is 1.15 bits per heavy atom. The number of aryl methyl sites for hydroxylation is 1. The lowest BCUT2D eigenvalue weighted by Gasteiger charge is -2.09. The highest BCUT2D eigenvalue weighted by atomic mass is 19.1. The van der Waals surface area contributed by atoms with E-state index in [9.17, 15) is 9.18 Å². The molecule has 132 valence electrons. The molecule has 7 heteroatoms. The Kier molecular flexibility index (Phi) is 5.17. The predicted octanol–water partition coefficient (Wildman–Crippen LogP) is 3.50. The molecule has 0 aliphatic rings. The summed E-state index contributed by atoms with van der Waals surface area (Å²) in [5.74, 6) is -0.0411. The second-order valence-electron chi connectivity index (χ2n) is 5.49. The number of aromatic nitrogens is 3. The molecule has 0 saturated heterocycles. The topological polar surface area (TPSA) is 77.0 Å². The van der Waals surface area contributed by atoms with Crippen molar-refractivity contribution in [3.05, 3.63) is 66.0 Å². The van der Waals surface area contributed by atoms with Gasteiger partial charge in [-0.1, -0.05) is 13.0 Å². The summed E-state index contributed by atoms with van der Waals surface area (Å²) in [6, 6.07) is 9.20. The number of ether oxygens (including phenoxy) is 1. The molecule has 0 aliphatic carbocycles. The number of hydrogen-bond donors (Lipinski definition) is 1. The first-order chi connectivity index (χ1) is 12.6. The third-order valence-corrected chi connectivity index (χ3v) is 3.81. The van der Waals surface area contributed by atoms with Gasteiger partial charge >= 0.3 is 0 Å². The molecule has 6 nitrogen and oxygen atoms in total. The highest BCUT2D eigenvalue weighted by Gasteiger charge is 2.12. The minimum absolute atomic E-state index is 0.283. The number of methoxy groups -OCH3 is 1. The van der Waals surface area contributed by atoms with Gasteiger partial charge in [-0.15, -0.1) is 0 Å². The van der Waals surface area contributed by atoms with Crippen LogP contribution >= 0.6 is 0 Å². The van der Waals surface area contributed by atoms with Crippen molar-refractivity contribution >= 4 is 11.7 Å². The first kappa shape index (κ1) is 17.5. The summed E-state index contributed by atoms with van der Waals surface area (Å²) in [6.45, 7) is 2.01. The van der Waals surface area contributed by atoms with E-state index in [0.717, 1.165) is 12.0 Å². The lowest BCUT2D eigenvalue weighted by atomic mass is 10.1. The zero-order valence-electron chi connectivity index (χ0n) is 14.4. The number of carbonyl (C=O) groups is 1. The second-order valence-corrected chi connectivity index (χ2v) is 5.49. The molecule has 26 heavy (non-hydrogen) atoms. The van der Waals surface area contributed by atoms with Crippen LogP contribution in [-0.4, -0.2) is 28.0 Å². The van der Waals surface area contributed by atoms with Crippen molar-refractivity contribution in [1.29, 1.82) is 0 Å². The first-order valence-corrected chi connectivity index (χ1v) is 8.03. The van der Waals surface area contributed by atoms with Crippen LogP contribution in [-0.2, 0) is 6.42 Å². The zero-order valence-corrected chi connectivity index (χ0v) is 14.4. The van der Waals surface area contributed by atoms with Crippen LogP contribution in [0, 0.1) is 5.82 Å². The van der Waals surface area contributed by atoms with Crippen LogP contribution in [0.2, 0.25) is 0 Å². The Morgan fingerprint density at radius 3 is 2.69 bits per heavy atom. The fraction of sp³-hybridized carbons (Fsp3) is 0.158. The highest BCUT2D eigenvalue weighted by Crippen LogP contribution is 2.29. The van der Waals surface area contributed by atoms with Gasteiger partial charge in [-0.05, 0) is 36.2 Å². The minimum Gasteiger partial charge on any atom is -0.496 e. The Morgan fingerprint density at radius 2 is 2.00 bits per heavy atom. The van der Waals surface area contributed by atoms with Crippen LogP contribution in [0.25, 0.3) is 11.3 Å². The predicted molar refractivity (Wildman–Crippen MR) is 95.5 cm³/mol. The van der Waals surface area contributed by atoms with Gasteiger partial charge in [-0.2, -0.15) is 0 Å². The molecule has 0 radical (unpaired) electrons. The number of carbonyl (C=O) groups excluding carboxylic acids is 1. The average Bonchev–Trinajstić information content (AvgIpc) is 2.68. The Bertz CT molecular complexity index is 929. The molecule has 0 bridgehead atoms. The lowest BCUT2D eigenvalue weighted by molar-refractivity contribution is 0.102. The van der Waals surface area contributed by atoms with E-state index >= 15 is 0 Å². The lowest BCUT2D eigenvalue weighted by Crippen LogP contribution is -2.14. The van der Waals surface area contributed by atoms with E-state index in [1.54, 1.807) is 18.3 Å². The van der Waals surface area contributed by atoms with Crippen LogP contribution in [0.15, 0.2) is 48.9 Å². The van der Waals surface area contributed by atoms with E-state index in [1.165, 1.54) is 31.6 Å². The zero-order chi connectivity index (χ0) is 18.5. The van der Waals surface area contributed by atoms with Crippen molar-refractivity contribution in [3.8, 4) is 17.0 Å². The quantitative estimate of drug-likeness (QED) is 0.760. The fourth-order valence-electron chi connectivity index (χ4n) is 2.40. The molecule has 1 aromatic carbocycles. The number of rotatable bonds is 5. The molecule has 3 aromatic rings. The van der Waals surface area contributed by atoms with Crippen molar-refractivity contribution in [1.82, 2.24) is 15.0 Å². The van der Waals surface area contributed by atoms with Crippen LogP contribution in [0.3, 0.4) is 0 Å². The third kappa shape index (κ3) is 3.83. The molecular formula is C19H17FN4O2. The number of nitrogens with one attached hydrogen (secondary N) is 1. The van der Waals surface area contributed by atoms with E-state index in [0.29, 0.717) is 17.0 Å². The Hall–Kier alpha value is -3.35. The normalized spacial score (nSPS) is 10.4. The largest absolute Gasteiger partial charge is 0.496 e. The number of anilines is 1. The van der Waals surface area contributed by atoms with Gasteiger partial charge in [0.05, 0.1) is 12.8 Å². The fourth-order valence-corrected chi connectivity index (χ4v) is 2.40. The molecule has 0 unspecified atom stereocenters. The van der Waals surface area contributed by atoms with E-state index in [1.807, 2.05) is 13.0 Å².